The van der Waals surface area contributed by atoms with Gasteiger partial charge in [-0.05, 0) is 29.7 Å². The van der Waals surface area contributed by atoms with Gasteiger partial charge in [-0.2, -0.15) is 0 Å². The molecule has 5 nitrogen and oxygen atoms in total. The van der Waals surface area contributed by atoms with Crippen LogP contribution in [0.2, 0.25) is 0 Å². The molecule has 0 radical (unpaired) electrons. The van der Waals surface area contributed by atoms with Crippen molar-refractivity contribution in [3.05, 3.63) is 115 Å². The number of hydrogen-bond acceptors (Lipinski definition) is 4. The molecule has 0 spiro atoms. The van der Waals surface area contributed by atoms with Crippen LogP contribution in [0.3, 0.4) is 0 Å². The van der Waals surface area contributed by atoms with E-state index in [-0.39, 0.29) is 5.92 Å². The van der Waals surface area contributed by atoms with Crippen LogP contribution in [0.15, 0.2) is 110 Å². The predicted molar refractivity (Wildman–Crippen MR) is 141 cm³/mol. The van der Waals surface area contributed by atoms with Gasteiger partial charge in [-0.3, -0.25) is 4.98 Å². The average Bonchev–Trinajstić information content (AvgIpc) is 3.49. The standard InChI is InChI=1S/C30H22N5/c1-2-8-21(9-3-1)28-33-29(24-12-4-10-22(18-24)26-14-6-16-31-20-26)35-30(34-28)25-13-5-11-23(19-25)27-15-7-17-32-27/h1-18,20,23H,19H2/q+1. The lowest BCUT2D eigenvalue weighted by atomic mass is 9.90. The van der Waals surface area contributed by atoms with E-state index in [1.54, 1.807) is 6.20 Å². The van der Waals surface area contributed by atoms with Gasteiger partial charge in [0.25, 0.3) is 6.21 Å². The third-order valence-corrected chi connectivity index (χ3v) is 6.11. The molecule has 0 N–H and O–H groups in total. The van der Waals surface area contributed by atoms with Crippen molar-refractivity contribution in [3.8, 4) is 33.9 Å². The predicted octanol–water partition coefficient (Wildman–Crippen LogP) is 5.38. The Morgan fingerprint density at radius 3 is 2.29 bits per heavy atom. The molecule has 0 bridgehead atoms. The monoisotopic (exact) mass is 452 g/mol. The Morgan fingerprint density at radius 2 is 1.49 bits per heavy atom. The first kappa shape index (κ1) is 20.8. The summed E-state index contributed by atoms with van der Waals surface area (Å²) < 4.78 is 4.50. The first-order chi connectivity index (χ1) is 17.3. The molecule has 2 aromatic carbocycles. The summed E-state index contributed by atoms with van der Waals surface area (Å²) in [5.74, 6) is 2.22. The van der Waals surface area contributed by atoms with Crippen LogP contribution in [0, 0.1) is 5.92 Å². The van der Waals surface area contributed by atoms with Crippen molar-refractivity contribution in [1.29, 1.82) is 0 Å². The van der Waals surface area contributed by atoms with E-state index < -0.39 is 0 Å². The van der Waals surface area contributed by atoms with Gasteiger partial charge in [0.05, 0.1) is 5.92 Å². The molecule has 5 heteroatoms. The van der Waals surface area contributed by atoms with Gasteiger partial charge >= 0.3 is 5.71 Å². The van der Waals surface area contributed by atoms with Gasteiger partial charge in [0.2, 0.25) is 0 Å². The number of pyridine rings is 1. The van der Waals surface area contributed by atoms with Gasteiger partial charge in [-0.1, -0.05) is 77.5 Å². The van der Waals surface area contributed by atoms with E-state index in [4.69, 9.17) is 15.0 Å². The molecule has 4 aromatic rings. The molecule has 1 aliphatic carbocycles. The van der Waals surface area contributed by atoms with Crippen molar-refractivity contribution in [3.63, 3.8) is 0 Å². The van der Waals surface area contributed by atoms with Crippen LogP contribution < -0.4 is 4.67 Å². The Hall–Kier alpha value is -4.73. The lowest BCUT2D eigenvalue weighted by Crippen LogP contribution is -2.15. The molecule has 2 aliphatic rings. The summed E-state index contributed by atoms with van der Waals surface area (Å²) in [5, 5.41) is 0. The van der Waals surface area contributed by atoms with E-state index in [9.17, 15) is 0 Å². The second-order valence-corrected chi connectivity index (χ2v) is 8.44. The summed E-state index contributed by atoms with van der Waals surface area (Å²) in [7, 11) is 0. The number of hydrogen-bond donors (Lipinski definition) is 0. The molecule has 2 aromatic heterocycles. The summed E-state index contributed by atoms with van der Waals surface area (Å²) in [6.07, 6.45) is 16.7. The van der Waals surface area contributed by atoms with Crippen LogP contribution in [0.4, 0.5) is 0 Å². The van der Waals surface area contributed by atoms with Gasteiger partial charge in [0.1, 0.15) is 0 Å². The highest BCUT2D eigenvalue weighted by molar-refractivity contribution is 6.05. The first-order valence-corrected chi connectivity index (χ1v) is 11.6. The Kier molecular flexibility index (Phi) is 5.51. The summed E-state index contributed by atoms with van der Waals surface area (Å²) in [6.45, 7) is 0. The van der Waals surface area contributed by atoms with Crippen molar-refractivity contribution in [2.45, 2.75) is 6.42 Å². The maximum atomic E-state index is 4.94. The van der Waals surface area contributed by atoms with E-state index in [1.165, 1.54) is 0 Å². The fraction of sp³-hybridized carbons (Fsp3) is 0.0667. The number of allylic oxidation sites excluding steroid dienone is 6. The molecular weight excluding hydrogens is 430 g/mol. The summed E-state index contributed by atoms with van der Waals surface area (Å²) in [6, 6.07) is 22.3. The summed E-state index contributed by atoms with van der Waals surface area (Å²) in [5.41, 5.74) is 6.16. The Bertz CT molecular complexity index is 1540. The highest BCUT2D eigenvalue weighted by atomic mass is 15.0. The van der Waals surface area contributed by atoms with Crippen molar-refractivity contribution >= 4 is 17.5 Å². The van der Waals surface area contributed by atoms with Crippen LogP contribution in [0.25, 0.3) is 39.5 Å². The molecule has 0 amide bonds. The molecule has 0 saturated carbocycles. The zero-order valence-corrected chi connectivity index (χ0v) is 19.0. The SMILES string of the molecule is C1=CC(C2C=CC=C(c3nc(-c4ccccc4)nc(-c4cccc(-c5cccnc5)c4)n3)C2)=[N+]=C1. The maximum absolute atomic E-state index is 4.94. The minimum absolute atomic E-state index is 0.208. The maximum Gasteiger partial charge on any atom is 0.311 e. The molecular formula is C30H22N5+. The second kappa shape index (κ2) is 9.26. The van der Waals surface area contributed by atoms with Crippen molar-refractivity contribution in [2.24, 2.45) is 5.92 Å². The molecule has 1 unspecified atom stereocenters. The highest BCUT2D eigenvalue weighted by Crippen LogP contribution is 2.30. The largest absolute Gasteiger partial charge is 0.311 e. The Balaban J connectivity index is 1.44. The Morgan fingerprint density at radius 1 is 0.714 bits per heavy atom. The van der Waals surface area contributed by atoms with E-state index in [2.05, 4.69) is 52.2 Å². The van der Waals surface area contributed by atoms with Crippen LogP contribution in [0.5, 0.6) is 0 Å². The molecule has 166 valence electrons. The quantitative estimate of drug-likeness (QED) is 0.382. The van der Waals surface area contributed by atoms with Crippen LogP contribution in [0.1, 0.15) is 12.2 Å². The fourth-order valence-electron chi connectivity index (χ4n) is 4.32. The zero-order chi connectivity index (χ0) is 23.5. The van der Waals surface area contributed by atoms with Crippen LogP contribution in [-0.2, 0) is 0 Å². The topological polar surface area (TPSA) is 65.7 Å². The molecule has 1 atom stereocenters. The smallest absolute Gasteiger partial charge is 0.264 e. The molecule has 35 heavy (non-hydrogen) atoms. The summed E-state index contributed by atoms with van der Waals surface area (Å²) >= 11 is 0. The van der Waals surface area contributed by atoms with E-state index in [1.807, 2.05) is 67.0 Å². The van der Waals surface area contributed by atoms with Gasteiger partial charge in [0, 0.05) is 41.2 Å². The van der Waals surface area contributed by atoms with E-state index in [0.717, 1.165) is 40.0 Å². The minimum atomic E-state index is 0.208. The summed E-state index contributed by atoms with van der Waals surface area (Å²) in [4.78, 5) is 19.0. The first-order valence-electron chi connectivity index (χ1n) is 11.6. The molecule has 1 aliphatic heterocycles. The number of benzene rings is 2. The van der Waals surface area contributed by atoms with Crippen molar-refractivity contribution in [2.75, 3.05) is 0 Å². The van der Waals surface area contributed by atoms with E-state index >= 15 is 0 Å². The highest BCUT2D eigenvalue weighted by Gasteiger charge is 2.26. The normalized spacial score (nSPS) is 16.3. The zero-order valence-electron chi connectivity index (χ0n) is 19.0. The number of nitrogens with zero attached hydrogens (tertiary/aromatic N) is 5. The number of rotatable bonds is 5. The Labute approximate surface area is 203 Å². The molecule has 0 saturated heterocycles. The molecule has 0 fully saturated rings. The van der Waals surface area contributed by atoms with Crippen molar-refractivity contribution in [1.82, 2.24) is 24.6 Å². The lowest BCUT2D eigenvalue weighted by molar-refractivity contribution is 0.870. The third kappa shape index (κ3) is 4.41. The lowest BCUT2D eigenvalue weighted by Gasteiger charge is -2.15. The second-order valence-electron chi connectivity index (χ2n) is 8.44. The van der Waals surface area contributed by atoms with Crippen molar-refractivity contribution < 1.29 is 0 Å². The van der Waals surface area contributed by atoms with Gasteiger partial charge in [-0.15, -0.1) is 0 Å². The van der Waals surface area contributed by atoms with Gasteiger partial charge < -0.3 is 0 Å². The molecule has 6 rings (SSSR count). The van der Waals surface area contributed by atoms with Gasteiger partial charge in [-0.25, -0.2) is 15.0 Å². The van der Waals surface area contributed by atoms with Gasteiger partial charge in [0.15, 0.2) is 17.5 Å². The van der Waals surface area contributed by atoms with E-state index in [0.29, 0.717) is 17.5 Å². The van der Waals surface area contributed by atoms with Crippen LogP contribution >= 0.6 is 0 Å². The fourth-order valence-corrected chi connectivity index (χ4v) is 4.32. The van der Waals surface area contributed by atoms with Crippen LogP contribution in [-0.4, -0.2) is 31.9 Å². The average molecular weight is 453 g/mol. The number of aromatic nitrogens is 4. The molecule has 3 heterocycles. The third-order valence-electron chi connectivity index (χ3n) is 6.11. The minimum Gasteiger partial charge on any atom is -0.264 e.